The molecule has 0 aliphatic rings. The van der Waals surface area contributed by atoms with Gasteiger partial charge in [-0.1, -0.05) is 35.8 Å². The summed E-state index contributed by atoms with van der Waals surface area (Å²) in [6.45, 7) is 8.27. The van der Waals surface area contributed by atoms with E-state index in [0.29, 0.717) is 0 Å². The summed E-state index contributed by atoms with van der Waals surface area (Å²) in [5.41, 5.74) is 2.66. The minimum absolute atomic E-state index is 1.04. The molecule has 3 heteroatoms. The Balaban J connectivity index is 0.000000771. The lowest BCUT2D eigenvalue weighted by atomic mass is 10.2. The molecule has 1 aromatic heterocycles. The molecule has 0 bridgehead atoms. The first-order valence-corrected chi connectivity index (χ1v) is 7.27. The number of benzene rings is 1. The number of aryl methyl sites for hydroxylation is 1. The first-order chi connectivity index (χ1) is 8.58. The summed E-state index contributed by atoms with van der Waals surface area (Å²) in [7, 11) is 4.21. The standard InChI is InChI=1S/C13H17BrN2.C2H6/c1-10-9-16(7-6-15(2)3)13-8-11(14)4-5-12(10)13;1-2/h4-5,8-9H,6-7H2,1-3H3;1-2H3. The zero-order valence-electron chi connectivity index (χ0n) is 12.0. The van der Waals surface area contributed by atoms with Crippen molar-refractivity contribution in [3.63, 3.8) is 0 Å². The van der Waals surface area contributed by atoms with Gasteiger partial charge in [-0.05, 0) is 38.7 Å². The zero-order chi connectivity index (χ0) is 13.7. The van der Waals surface area contributed by atoms with Crippen LogP contribution in [0.1, 0.15) is 19.4 Å². The molecule has 1 aromatic carbocycles. The van der Waals surface area contributed by atoms with Gasteiger partial charge in [0.25, 0.3) is 0 Å². The molecule has 0 amide bonds. The number of fused-ring (bicyclic) bond motifs is 1. The molecule has 0 unspecified atom stereocenters. The van der Waals surface area contributed by atoms with Gasteiger partial charge < -0.3 is 9.47 Å². The van der Waals surface area contributed by atoms with Gasteiger partial charge in [0, 0.05) is 34.7 Å². The first-order valence-electron chi connectivity index (χ1n) is 6.47. The Morgan fingerprint density at radius 2 is 1.89 bits per heavy atom. The normalized spacial score (nSPS) is 10.6. The molecular weight excluding hydrogens is 288 g/mol. The number of nitrogens with zero attached hydrogens (tertiary/aromatic N) is 2. The van der Waals surface area contributed by atoms with Crippen molar-refractivity contribution in [2.24, 2.45) is 0 Å². The van der Waals surface area contributed by atoms with E-state index in [1.54, 1.807) is 0 Å². The summed E-state index contributed by atoms with van der Waals surface area (Å²) in [5, 5.41) is 1.35. The molecule has 0 aliphatic carbocycles. The Bertz CT molecular complexity index is 500. The van der Waals surface area contributed by atoms with E-state index in [0.717, 1.165) is 17.6 Å². The average molecular weight is 311 g/mol. The summed E-state index contributed by atoms with van der Waals surface area (Å²) in [4.78, 5) is 2.21. The maximum atomic E-state index is 3.53. The summed E-state index contributed by atoms with van der Waals surface area (Å²) in [5.74, 6) is 0. The number of halogens is 1. The van der Waals surface area contributed by atoms with Crippen LogP contribution in [0.4, 0.5) is 0 Å². The van der Waals surface area contributed by atoms with Crippen molar-refractivity contribution in [3.05, 3.63) is 34.4 Å². The Morgan fingerprint density at radius 1 is 1.22 bits per heavy atom. The molecule has 18 heavy (non-hydrogen) atoms. The number of hydrogen-bond acceptors (Lipinski definition) is 1. The second-order valence-corrected chi connectivity index (χ2v) is 5.39. The highest BCUT2D eigenvalue weighted by Crippen LogP contribution is 2.24. The van der Waals surface area contributed by atoms with E-state index < -0.39 is 0 Å². The van der Waals surface area contributed by atoms with Crippen LogP contribution in [0.5, 0.6) is 0 Å². The number of likely N-dealkylation sites (N-methyl/N-ethyl adjacent to an activating group) is 1. The van der Waals surface area contributed by atoms with Crippen LogP contribution in [-0.4, -0.2) is 30.1 Å². The molecule has 0 radical (unpaired) electrons. The summed E-state index contributed by atoms with van der Waals surface area (Å²) in [6.07, 6.45) is 2.24. The molecule has 0 saturated carbocycles. The van der Waals surface area contributed by atoms with E-state index in [-0.39, 0.29) is 0 Å². The van der Waals surface area contributed by atoms with Gasteiger partial charge in [-0.25, -0.2) is 0 Å². The molecule has 2 aromatic rings. The van der Waals surface area contributed by atoms with Crippen LogP contribution in [0, 0.1) is 6.92 Å². The van der Waals surface area contributed by atoms with Crippen LogP contribution < -0.4 is 0 Å². The van der Waals surface area contributed by atoms with Crippen LogP contribution in [0.2, 0.25) is 0 Å². The Kier molecular flexibility index (Phi) is 5.89. The fourth-order valence-electron chi connectivity index (χ4n) is 1.94. The third-order valence-electron chi connectivity index (χ3n) is 2.83. The quantitative estimate of drug-likeness (QED) is 0.820. The van der Waals surface area contributed by atoms with Crippen LogP contribution in [-0.2, 0) is 6.54 Å². The fourth-order valence-corrected chi connectivity index (χ4v) is 2.29. The lowest BCUT2D eigenvalue weighted by molar-refractivity contribution is 0.387. The molecule has 0 fully saturated rings. The van der Waals surface area contributed by atoms with Gasteiger partial charge in [-0.2, -0.15) is 0 Å². The maximum Gasteiger partial charge on any atom is 0.0494 e. The minimum atomic E-state index is 1.04. The van der Waals surface area contributed by atoms with Gasteiger partial charge in [0.15, 0.2) is 0 Å². The predicted molar refractivity (Wildman–Crippen MR) is 84.3 cm³/mol. The van der Waals surface area contributed by atoms with Gasteiger partial charge in [0.2, 0.25) is 0 Å². The molecule has 100 valence electrons. The molecule has 1 heterocycles. The summed E-state index contributed by atoms with van der Waals surface area (Å²) < 4.78 is 3.47. The van der Waals surface area contributed by atoms with Crippen LogP contribution in [0.3, 0.4) is 0 Å². The van der Waals surface area contributed by atoms with Crippen molar-refractivity contribution in [2.45, 2.75) is 27.3 Å². The highest BCUT2D eigenvalue weighted by atomic mass is 79.9. The second-order valence-electron chi connectivity index (χ2n) is 4.47. The first kappa shape index (κ1) is 15.3. The second kappa shape index (κ2) is 6.95. The van der Waals surface area contributed by atoms with Crippen LogP contribution in [0.15, 0.2) is 28.9 Å². The van der Waals surface area contributed by atoms with E-state index in [9.17, 15) is 0 Å². The summed E-state index contributed by atoms with van der Waals surface area (Å²) >= 11 is 3.53. The van der Waals surface area contributed by atoms with Gasteiger partial charge >= 0.3 is 0 Å². The largest absolute Gasteiger partial charge is 0.346 e. The van der Waals surface area contributed by atoms with Crippen molar-refractivity contribution in [1.82, 2.24) is 9.47 Å². The molecule has 2 nitrogen and oxygen atoms in total. The number of rotatable bonds is 3. The maximum absolute atomic E-state index is 3.53. The molecule has 0 spiro atoms. The molecule has 0 atom stereocenters. The molecular formula is C15H23BrN2. The SMILES string of the molecule is CC.Cc1cn(CCN(C)C)c2cc(Br)ccc12. The molecule has 0 aliphatic heterocycles. The van der Waals surface area contributed by atoms with E-state index in [1.807, 2.05) is 13.8 Å². The zero-order valence-corrected chi connectivity index (χ0v) is 13.6. The molecule has 0 N–H and O–H groups in total. The predicted octanol–water partition coefficient (Wildman–Crippen LogP) is 4.30. The minimum Gasteiger partial charge on any atom is -0.346 e. The highest BCUT2D eigenvalue weighted by Gasteiger charge is 2.05. The van der Waals surface area contributed by atoms with Gasteiger partial charge in [0.1, 0.15) is 0 Å². The monoisotopic (exact) mass is 310 g/mol. The lowest BCUT2D eigenvalue weighted by Gasteiger charge is -2.11. The Hall–Kier alpha value is -0.800. The van der Waals surface area contributed by atoms with Crippen LogP contribution in [0.25, 0.3) is 10.9 Å². The molecule has 0 saturated heterocycles. The fraction of sp³-hybridized carbons (Fsp3) is 0.467. The average Bonchev–Trinajstić information content (AvgIpc) is 2.66. The van der Waals surface area contributed by atoms with Crippen molar-refractivity contribution in [1.29, 1.82) is 0 Å². The van der Waals surface area contributed by atoms with Crippen molar-refractivity contribution in [2.75, 3.05) is 20.6 Å². The third kappa shape index (κ3) is 3.59. The van der Waals surface area contributed by atoms with Crippen molar-refractivity contribution in [3.8, 4) is 0 Å². The summed E-state index contributed by atoms with van der Waals surface area (Å²) in [6, 6.07) is 6.48. The Morgan fingerprint density at radius 3 is 2.50 bits per heavy atom. The van der Waals surface area contributed by atoms with Crippen molar-refractivity contribution >= 4 is 26.8 Å². The van der Waals surface area contributed by atoms with E-state index >= 15 is 0 Å². The Labute approximate surface area is 119 Å². The van der Waals surface area contributed by atoms with Gasteiger partial charge in [-0.15, -0.1) is 0 Å². The highest BCUT2D eigenvalue weighted by molar-refractivity contribution is 9.10. The number of hydrogen-bond donors (Lipinski definition) is 0. The van der Waals surface area contributed by atoms with Crippen molar-refractivity contribution < 1.29 is 0 Å². The van der Waals surface area contributed by atoms with E-state index in [1.165, 1.54) is 16.5 Å². The van der Waals surface area contributed by atoms with Gasteiger partial charge in [0.05, 0.1) is 0 Å². The van der Waals surface area contributed by atoms with Gasteiger partial charge in [-0.3, -0.25) is 0 Å². The van der Waals surface area contributed by atoms with E-state index in [4.69, 9.17) is 0 Å². The van der Waals surface area contributed by atoms with E-state index in [2.05, 4.69) is 70.8 Å². The third-order valence-corrected chi connectivity index (χ3v) is 3.32. The topological polar surface area (TPSA) is 8.17 Å². The lowest BCUT2D eigenvalue weighted by Crippen LogP contribution is -2.17. The number of aromatic nitrogens is 1. The smallest absolute Gasteiger partial charge is 0.0494 e. The molecule has 2 rings (SSSR count). The van der Waals surface area contributed by atoms with Crippen LogP contribution >= 0.6 is 15.9 Å².